The molecule has 1 heterocycles. The molecule has 1 N–H and O–H groups in total. The second-order valence-corrected chi connectivity index (χ2v) is 1.73. The molecule has 0 amide bonds. The van der Waals surface area contributed by atoms with Gasteiger partial charge in [-0.2, -0.15) is 0 Å². The number of hydrogen-bond donors (Lipinski definition) is 1. The van der Waals surface area contributed by atoms with Crippen molar-refractivity contribution in [1.29, 1.82) is 5.41 Å². The second-order valence-electron chi connectivity index (χ2n) is 0.896. The zero-order valence-corrected chi connectivity index (χ0v) is 3.83. The Morgan fingerprint density at radius 2 is 2.83 bits per heavy atom. The Morgan fingerprint density at radius 1 is 2.00 bits per heavy atom. The van der Waals surface area contributed by atoms with Gasteiger partial charge in [-0.05, 0) is 0 Å². The van der Waals surface area contributed by atoms with E-state index in [0.29, 0.717) is 11.6 Å². The molecule has 0 saturated heterocycles. The van der Waals surface area contributed by atoms with E-state index in [1.54, 1.807) is 0 Å². The summed E-state index contributed by atoms with van der Waals surface area (Å²) in [5, 5.41) is 10.9. The Bertz CT molecular complexity index is 87.0. The molecule has 0 aromatic carbocycles. The molecule has 0 bridgehead atoms. The highest BCUT2D eigenvalue weighted by Crippen LogP contribution is 2.05. The first kappa shape index (κ1) is 3.80. The van der Waals surface area contributed by atoms with Gasteiger partial charge in [-0.1, -0.05) is 0 Å². The van der Waals surface area contributed by atoms with Gasteiger partial charge in [-0.3, -0.25) is 5.41 Å². The van der Waals surface area contributed by atoms with Gasteiger partial charge in [0, 0.05) is 0 Å². The van der Waals surface area contributed by atoms with E-state index in [2.05, 4.69) is 9.63 Å². The molecule has 1 aliphatic heterocycles. The van der Waals surface area contributed by atoms with Gasteiger partial charge in [0.05, 0.1) is 0 Å². The van der Waals surface area contributed by atoms with Crippen LogP contribution in [0.25, 0.3) is 0 Å². The average Bonchev–Trinajstić information content (AvgIpc) is 1.86. The van der Waals surface area contributed by atoms with Crippen LogP contribution >= 0.6 is 11.9 Å². The van der Waals surface area contributed by atoms with Gasteiger partial charge in [0.2, 0.25) is 0 Å². The zero-order chi connectivity index (χ0) is 4.41. The Labute approximate surface area is 39.5 Å². The number of hydrogen-bond acceptors (Lipinski definition) is 4. The van der Waals surface area contributed by atoms with Crippen LogP contribution in [0.4, 0.5) is 0 Å². The maximum atomic E-state index is 6.82. The van der Waals surface area contributed by atoms with Crippen LogP contribution in [0.3, 0.4) is 0 Å². The average molecular weight is 101 g/mol. The lowest BCUT2D eigenvalue weighted by Crippen LogP contribution is -1.91. The fourth-order valence-electron chi connectivity index (χ4n) is 0.200. The predicted octanol–water partition coefficient (Wildman–Crippen LogP) is 0.413. The van der Waals surface area contributed by atoms with Gasteiger partial charge in [-0.25, -0.2) is 0 Å². The molecule has 3 nitrogen and oxygen atoms in total. The molecule has 0 unspecified atom stereocenters. The monoisotopic (exact) mass is 101 g/mol. The van der Waals surface area contributed by atoms with Crippen molar-refractivity contribution in [2.24, 2.45) is 4.52 Å². The first-order valence-corrected chi connectivity index (χ1v) is 2.28. The van der Waals surface area contributed by atoms with E-state index in [0.717, 1.165) is 11.9 Å². The summed E-state index contributed by atoms with van der Waals surface area (Å²) in [5.41, 5.74) is 0. The lowest BCUT2D eigenvalue weighted by Gasteiger charge is -1.62. The molecule has 0 saturated carbocycles. The van der Waals surface area contributed by atoms with Gasteiger partial charge in [-0.15, -0.1) is 0 Å². The van der Waals surface area contributed by atoms with Gasteiger partial charge in [0.15, 0.2) is 10.2 Å². The van der Waals surface area contributed by atoms with Crippen LogP contribution in [0, 0.1) is 5.41 Å². The maximum absolute atomic E-state index is 6.82. The minimum Gasteiger partial charge on any atom is -0.290 e. The normalized spacial score (nSPS) is 19.7. The van der Waals surface area contributed by atoms with E-state index in [4.69, 9.17) is 5.41 Å². The SMILES string of the molecule is N=C1C[N+]=NS1. The highest BCUT2D eigenvalue weighted by Gasteiger charge is 2.13. The van der Waals surface area contributed by atoms with Crippen molar-refractivity contribution in [2.75, 3.05) is 6.54 Å². The summed E-state index contributed by atoms with van der Waals surface area (Å²) in [5.74, 6) is 0. The van der Waals surface area contributed by atoms with E-state index < -0.39 is 0 Å². The van der Waals surface area contributed by atoms with Crippen LogP contribution in [-0.2, 0) is 0 Å². The molecule has 1 aliphatic rings. The summed E-state index contributed by atoms with van der Waals surface area (Å²) in [6.07, 6.45) is 0. The van der Waals surface area contributed by atoms with Gasteiger partial charge in [0.1, 0.15) is 16.5 Å². The van der Waals surface area contributed by atoms with E-state index in [1.165, 1.54) is 0 Å². The van der Waals surface area contributed by atoms with Crippen molar-refractivity contribution in [1.82, 2.24) is 5.11 Å². The van der Waals surface area contributed by atoms with Crippen LogP contribution in [0.2, 0.25) is 0 Å². The van der Waals surface area contributed by atoms with Gasteiger partial charge in [0.25, 0.3) is 6.54 Å². The van der Waals surface area contributed by atoms with Gasteiger partial charge < -0.3 is 0 Å². The topological polar surface area (TPSA) is 50.3 Å². The summed E-state index contributed by atoms with van der Waals surface area (Å²) < 4.78 is 3.48. The number of rotatable bonds is 0. The molecular weight excluding hydrogens is 98.1 g/mol. The van der Waals surface area contributed by atoms with E-state index in [-0.39, 0.29) is 0 Å². The molecule has 0 aromatic rings. The molecule has 0 aromatic heterocycles. The van der Waals surface area contributed by atoms with Crippen molar-refractivity contribution >= 4 is 17.0 Å². The van der Waals surface area contributed by atoms with Crippen LogP contribution in [0.15, 0.2) is 4.52 Å². The Kier molecular flexibility index (Phi) is 0.874. The third kappa shape index (κ3) is 0.567. The standard InChI is InChI=1S/C2H3N3S/c3-2-1-4-5-6-2/h3H,1H2/q+1. The third-order valence-corrected chi connectivity index (χ3v) is 0.970. The minimum absolute atomic E-state index is 0.491. The number of nitrogens with zero attached hydrogens (tertiary/aromatic N) is 2. The molecule has 6 heavy (non-hydrogen) atoms. The van der Waals surface area contributed by atoms with Crippen molar-refractivity contribution in [2.45, 2.75) is 0 Å². The van der Waals surface area contributed by atoms with E-state index >= 15 is 0 Å². The van der Waals surface area contributed by atoms with Gasteiger partial charge >= 0.3 is 0 Å². The zero-order valence-electron chi connectivity index (χ0n) is 3.01. The third-order valence-electron chi connectivity index (χ3n) is 0.423. The second kappa shape index (κ2) is 1.38. The van der Waals surface area contributed by atoms with E-state index in [1.807, 2.05) is 0 Å². The van der Waals surface area contributed by atoms with E-state index in [9.17, 15) is 0 Å². The highest BCUT2D eigenvalue weighted by molar-refractivity contribution is 8.12. The van der Waals surface area contributed by atoms with Crippen molar-refractivity contribution in [3.63, 3.8) is 0 Å². The van der Waals surface area contributed by atoms with Crippen LogP contribution in [0.1, 0.15) is 0 Å². The van der Waals surface area contributed by atoms with Crippen molar-refractivity contribution < 1.29 is 0 Å². The summed E-state index contributed by atoms with van der Waals surface area (Å²) in [7, 11) is 0. The van der Waals surface area contributed by atoms with Crippen LogP contribution in [-0.4, -0.2) is 11.6 Å². The number of nitrogens with one attached hydrogen (secondary N) is 1. The predicted molar refractivity (Wildman–Crippen MR) is 24.7 cm³/mol. The molecule has 1 rings (SSSR count). The quantitative estimate of drug-likeness (QED) is 0.441. The highest BCUT2D eigenvalue weighted by atomic mass is 32.2. The molecule has 0 aliphatic carbocycles. The Morgan fingerprint density at radius 3 is 3.00 bits per heavy atom. The summed E-state index contributed by atoms with van der Waals surface area (Å²) in [6.45, 7) is 0.491. The maximum Gasteiger partial charge on any atom is 0.293 e. The lowest BCUT2D eigenvalue weighted by atomic mass is 10.8. The Hall–Kier alpha value is -0.380. The molecule has 4 heteroatoms. The molecule has 0 atom stereocenters. The van der Waals surface area contributed by atoms with Crippen LogP contribution in [0.5, 0.6) is 0 Å². The largest absolute Gasteiger partial charge is 0.293 e. The fourth-order valence-corrected chi connectivity index (χ4v) is 0.530. The molecule has 1 radical (unpaired) electrons. The first-order valence-electron chi connectivity index (χ1n) is 1.51. The fraction of sp³-hybridized carbons (Fsp3) is 0.500. The Balaban J connectivity index is 2.52. The summed E-state index contributed by atoms with van der Waals surface area (Å²) in [4.78, 5) is 0. The lowest BCUT2D eigenvalue weighted by molar-refractivity contribution is 1.04. The van der Waals surface area contributed by atoms with Crippen molar-refractivity contribution in [3.8, 4) is 0 Å². The summed E-state index contributed by atoms with van der Waals surface area (Å²) in [6, 6.07) is 0. The molecular formula is C2H3N3S+. The molecule has 0 fully saturated rings. The minimum atomic E-state index is 0.491. The smallest absolute Gasteiger partial charge is 0.290 e. The first-order chi connectivity index (χ1) is 2.89. The van der Waals surface area contributed by atoms with Crippen LogP contribution < -0.4 is 5.11 Å². The molecule has 0 spiro atoms. The molecule has 31 valence electrons. The summed E-state index contributed by atoms with van der Waals surface area (Å²) >= 11 is 1.14. The van der Waals surface area contributed by atoms with Crippen molar-refractivity contribution in [3.05, 3.63) is 0 Å².